The lowest BCUT2D eigenvalue weighted by Crippen LogP contribution is -2.34. The molecule has 0 bridgehead atoms. The maximum atomic E-state index is 5.57. The first-order chi connectivity index (χ1) is 8.85. The van der Waals surface area contributed by atoms with Crippen molar-refractivity contribution < 1.29 is 9.47 Å². The Morgan fingerprint density at radius 2 is 2.06 bits per heavy atom. The third-order valence-electron chi connectivity index (χ3n) is 3.15. The van der Waals surface area contributed by atoms with Crippen molar-refractivity contribution >= 4 is 11.3 Å². The minimum Gasteiger partial charge on any atom is -0.352 e. The van der Waals surface area contributed by atoms with Crippen molar-refractivity contribution in [1.29, 1.82) is 0 Å². The first-order valence-electron chi connectivity index (χ1n) is 6.85. The Hall–Kier alpha value is -0.420. The van der Waals surface area contributed by atoms with Crippen LogP contribution in [0, 0.1) is 5.92 Å². The normalized spacial score (nSPS) is 17.3. The van der Waals surface area contributed by atoms with Crippen LogP contribution in [0.15, 0.2) is 17.5 Å². The molecule has 102 valence electrons. The van der Waals surface area contributed by atoms with Crippen LogP contribution in [-0.4, -0.2) is 26.0 Å². The third-order valence-corrected chi connectivity index (χ3v) is 4.11. The molecule has 2 rings (SSSR count). The molecule has 1 aliphatic rings. The van der Waals surface area contributed by atoms with Crippen LogP contribution in [0.4, 0.5) is 0 Å². The van der Waals surface area contributed by atoms with Crippen LogP contribution < -0.4 is 5.32 Å². The van der Waals surface area contributed by atoms with Crippen LogP contribution in [0.3, 0.4) is 0 Å². The van der Waals surface area contributed by atoms with E-state index in [0.29, 0.717) is 19.3 Å². The second-order valence-corrected chi connectivity index (χ2v) is 5.56. The molecule has 3 nitrogen and oxygen atoms in total. The topological polar surface area (TPSA) is 30.5 Å². The molecule has 0 saturated heterocycles. The summed E-state index contributed by atoms with van der Waals surface area (Å²) < 4.78 is 11.1. The third kappa shape index (κ3) is 4.05. The Bertz CT molecular complexity index is 319. The van der Waals surface area contributed by atoms with Gasteiger partial charge < -0.3 is 14.8 Å². The Labute approximate surface area is 113 Å². The maximum absolute atomic E-state index is 5.57. The molecule has 1 N–H and O–H groups in total. The summed E-state index contributed by atoms with van der Waals surface area (Å²) in [4.78, 5) is 1.43. The molecule has 0 amide bonds. The van der Waals surface area contributed by atoms with E-state index in [9.17, 15) is 0 Å². The van der Waals surface area contributed by atoms with Gasteiger partial charge in [-0.05, 0) is 44.1 Å². The van der Waals surface area contributed by atoms with E-state index in [1.54, 1.807) is 0 Å². The van der Waals surface area contributed by atoms with E-state index in [-0.39, 0.29) is 6.29 Å². The highest BCUT2D eigenvalue weighted by Gasteiger charge is 2.33. The SMILES string of the molecule is CCOC(CNC(c1cccs1)C1CC1)OCC. The number of rotatable bonds is 9. The molecule has 1 aromatic heterocycles. The van der Waals surface area contributed by atoms with Crippen molar-refractivity contribution in [3.63, 3.8) is 0 Å². The molecule has 1 unspecified atom stereocenters. The Kier molecular flexibility index (Phi) is 5.63. The molecular weight excluding hydrogens is 246 g/mol. The van der Waals surface area contributed by atoms with E-state index in [1.807, 2.05) is 25.2 Å². The summed E-state index contributed by atoms with van der Waals surface area (Å²) in [6, 6.07) is 4.82. The van der Waals surface area contributed by atoms with E-state index in [4.69, 9.17) is 9.47 Å². The van der Waals surface area contributed by atoms with E-state index in [2.05, 4.69) is 22.8 Å². The Morgan fingerprint density at radius 3 is 2.56 bits per heavy atom. The maximum Gasteiger partial charge on any atom is 0.169 e. The van der Waals surface area contributed by atoms with Gasteiger partial charge in [0, 0.05) is 30.7 Å². The van der Waals surface area contributed by atoms with Gasteiger partial charge in [0.05, 0.1) is 0 Å². The fraction of sp³-hybridized carbons (Fsp3) is 0.714. The zero-order chi connectivity index (χ0) is 12.8. The molecule has 1 aliphatic carbocycles. The van der Waals surface area contributed by atoms with Gasteiger partial charge in [-0.15, -0.1) is 11.3 Å². The van der Waals surface area contributed by atoms with Gasteiger partial charge >= 0.3 is 0 Å². The number of thiophene rings is 1. The quantitative estimate of drug-likeness (QED) is 0.698. The smallest absolute Gasteiger partial charge is 0.169 e. The van der Waals surface area contributed by atoms with E-state index < -0.39 is 0 Å². The highest BCUT2D eigenvalue weighted by atomic mass is 32.1. The second-order valence-electron chi connectivity index (χ2n) is 4.58. The molecule has 0 spiro atoms. The van der Waals surface area contributed by atoms with Gasteiger partial charge in [0.25, 0.3) is 0 Å². The fourth-order valence-corrected chi connectivity index (χ4v) is 3.05. The Balaban J connectivity index is 1.85. The molecular formula is C14H23NO2S. The molecule has 0 radical (unpaired) electrons. The lowest BCUT2D eigenvalue weighted by molar-refractivity contribution is -0.134. The second kappa shape index (κ2) is 7.24. The summed E-state index contributed by atoms with van der Waals surface area (Å²) in [6.07, 6.45) is 2.55. The number of nitrogens with one attached hydrogen (secondary N) is 1. The van der Waals surface area contributed by atoms with Crippen LogP contribution in [0.5, 0.6) is 0 Å². The molecule has 1 aromatic rings. The van der Waals surface area contributed by atoms with Crippen molar-refractivity contribution in [2.45, 2.75) is 39.0 Å². The predicted octanol–water partition coefficient (Wildman–Crippen LogP) is 3.19. The first-order valence-corrected chi connectivity index (χ1v) is 7.73. The van der Waals surface area contributed by atoms with E-state index >= 15 is 0 Å². The standard InChI is InChI=1S/C14H23NO2S/c1-3-16-13(17-4-2)10-15-14(11-7-8-11)12-6-5-9-18-12/h5-6,9,11,13-15H,3-4,7-8,10H2,1-2H3. The van der Waals surface area contributed by atoms with Crippen molar-refractivity contribution in [3.05, 3.63) is 22.4 Å². The zero-order valence-electron chi connectivity index (χ0n) is 11.2. The molecule has 1 heterocycles. The molecule has 1 atom stereocenters. The highest BCUT2D eigenvalue weighted by molar-refractivity contribution is 7.10. The van der Waals surface area contributed by atoms with Gasteiger partial charge in [-0.25, -0.2) is 0 Å². The zero-order valence-corrected chi connectivity index (χ0v) is 12.0. The summed E-state index contributed by atoms with van der Waals surface area (Å²) >= 11 is 1.83. The number of ether oxygens (including phenoxy) is 2. The van der Waals surface area contributed by atoms with Crippen LogP contribution in [0.2, 0.25) is 0 Å². The summed E-state index contributed by atoms with van der Waals surface area (Å²) in [7, 11) is 0. The van der Waals surface area contributed by atoms with Crippen molar-refractivity contribution in [3.8, 4) is 0 Å². The largest absolute Gasteiger partial charge is 0.352 e. The Morgan fingerprint density at radius 1 is 1.33 bits per heavy atom. The van der Waals surface area contributed by atoms with E-state index in [1.165, 1.54) is 17.7 Å². The average molecular weight is 269 g/mol. The van der Waals surface area contributed by atoms with Crippen molar-refractivity contribution in [2.75, 3.05) is 19.8 Å². The minimum atomic E-state index is -0.124. The molecule has 0 aliphatic heterocycles. The summed E-state index contributed by atoms with van der Waals surface area (Å²) in [5, 5.41) is 5.76. The van der Waals surface area contributed by atoms with Crippen LogP contribution in [-0.2, 0) is 9.47 Å². The number of hydrogen-bond acceptors (Lipinski definition) is 4. The molecule has 1 saturated carbocycles. The van der Waals surface area contributed by atoms with E-state index in [0.717, 1.165) is 12.5 Å². The van der Waals surface area contributed by atoms with Gasteiger partial charge in [-0.2, -0.15) is 0 Å². The molecule has 4 heteroatoms. The van der Waals surface area contributed by atoms with Crippen molar-refractivity contribution in [2.24, 2.45) is 5.92 Å². The summed E-state index contributed by atoms with van der Waals surface area (Å²) in [6.45, 7) is 6.16. The first kappa shape index (κ1) is 14.0. The van der Waals surface area contributed by atoms with Gasteiger partial charge in [-0.1, -0.05) is 6.07 Å². The minimum absolute atomic E-state index is 0.124. The molecule has 18 heavy (non-hydrogen) atoms. The fourth-order valence-electron chi connectivity index (χ4n) is 2.16. The molecule has 1 fully saturated rings. The lowest BCUT2D eigenvalue weighted by atomic mass is 10.1. The van der Waals surface area contributed by atoms with Crippen LogP contribution in [0.1, 0.15) is 37.6 Å². The van der Waals surface area contributed by atoms with Crippen molar-refractivity contribution in [1.82, 2.24) is 5.32 Å². The van der Waals surface area contributed by atoms with Gasteiger partial charge in [-0.3, -0.25) is 0 Å². The van der Waals surface area contributed by atoms with Gasteiger partial charge in [0.15, 0.2) is 6.29 Å². The average Bonchev–Trinajstić information content (AvgIpc) is 3.05. The van der Waals surface area contributed by atoms with Crippen LogP contribution in [0.25, 0.3) is 0 Å². The highest BCUT2D eigenvalue weighted by Crippen LogP contribution is 2.42. The number of hydrogen-bond donors (Lipinski definition) is 1. The molecule has 0 aromatic carbocycles. The van der Waals surface area contributed by atoms with Gasteiger partial charge in [0.1, 0.15) is 0 Å². The van der Waals surface area contributed by atoms with Gasteiger partial charge in [0.2, 0.25) is 0 Å². The summed E-state index contributed by atoms with van der Waals surface area (Å²) in [5.74, 6) is 0.799. The lowest BCUT2D eigenvalue weighted by Gasteiger charge is -2.22. The summed E-state index contributed by atoms with van der Waals surface area (Å²) in [5.41, 5.74) is 0. The predicted molar refractivity (Wildman–Crippen MR) is 74.8 cm³/mol. The monoisotopic (exact) mass is 269 g/mol. The van der Waals surface area contributed by atoms with Crippen LogP contribution >= 0.6 is 11.3 Å².